The molecule has 0 N–H and O–H groups in total. The second-order valence-electron chi connectivity index (χ2n) is 6.68. The summed E-state index contributed by atoms with van der Waals surface area (Å²) in [5.41, 5.74) is 3.32. The number of aromatic nitrogens is 1. The summed E-state index contributed by atoms with van der Waals surface area (Å²) in [6.45, 7) is 3.05. The molecular formula is C18H23N3O. The largest absolute Gasteiger partial charge is 0.347 e. The highest BCUT2D eigenvalue weighted by Crippen LogP contribution is 2.32. The molecule has 0 unspecified atom stereocenters. The van der Waals surface area contributed by atoms with E-state index in [9.17, 15) is 4.79 Å². The number of carbonyl (C=O) groups is 1. The fourth-order valence-electron chi connectivity index (χ4n) is 4.10. The van der Waals surface area contributed by atoms with Crippen molar-refractivity contribution in [2.75, 3.05) is 26.7 Å². The molecule has 2 aliphatic rings. The summed E-state index contributed by atoms with van der Waals surface area (Å²) in [5, 5.41) is 1.11. The van der Waals surface area contributed by atoms with Crippen LogP contribution in [-0.4, -0.2) is 53.0 Å². The van der Waals surface area contributed by atoms with Crippen molar-refractivity contribution in [3.05, 3.63) is 35.5 Å². The Morgan fingerprint density at radius 1 is 1.05 bits per heavy atom. The second kappa shape index (κ2) is 5.13. The number of rotatable bonds is 1. The lowest BCUT2D eigenvalue weighted by atomic mass is 9.97. The molecular weight excluding hydrogens is 274 g/mol. The van der Waals surface area contributed by atoms with E-state index in [2.05, 4.69) is 40.6 Å². The minimum absolute atomic E-state index is 0.243. The quantitative estimate of drug-likeness (QED) is 0.808. The van der Waals surface area contributed by atoms with Crippen LogP contribution in [0.1, 0.15) is 28.9 Å². The van der Waals surface area contributed by atoms with Crippen molar-refractivity contribution < 1.29 is 4.79 Å². The van der Waals surface area contributed by atoms with Crippen LogP contribution in [0.4, 0.5) is 0 Å². The SMILES string of the molecule is CN1CCC(N2CCc3c(c4ccccc4n3C)C2=O)CC1. The number of para-hydroxylation sites is 1. The van der Waals surface area contributed by atoms with Crippen molar-refractivity contribution in [1.29, 1.82) is 0 Å². The zero-order chi connectivity index (χ0) is 15.3. The van der Waals surface area contributed by atoms with Crippen LogP contribution in [0.25, 0.3) is 10.9 Å². The lowest BCUT2D eigenvalue weighted by molar-refractivity contribution is 0.0572. The van der Waals surface area contributed by atoms with E-state index in [0.717, 1.165) is 49.8 Å². The lowest BCUT2D eigenvalue weighted by Gasteiger charge is -2.39. The molecule has 1 amide bonds. The van der Waals surface area contributed by atoms with Crippen molar-refractivity contribution in [1.82, 2.24) is 14.4 Å². The molecule has 4 rings (SSSR count). The van der Waals surface area contributed by atoms with Gasteiger partial charge in [-0.3, -0.25) is 4.79 Å². The van der Waals surface area contributed by atoms with Crippen molar-refractivity contribution in [3.63, 3.8) is 0 Å². The van der Waals surface area contributed by atoms with Gasteiger partial charge in [0.2, 0.25) is 0 Å². The Hall–Kier alpha value is -1.81. The van der Waals surface area contributed by atoms with Crippen LogP contribution in [0.15, 0.2) is 24.3 Å². The first-order valence-electron chi connectivity index (χ1n) is 8.22. The van der Waals surface area contributed by atoms with Gasteiger partial charge in [-0.05, 0) is 39.0 Å². The average Bonchev–Trinajstić information content (AvgIpc) is 2.83. The summed E-state index contributed by atoms with van der Waals surface area (Å²) in [4.78, 5) is 17.6. The molecule has 2 aromatic rings. The predicted molar refractivity (Wildman–Crippen MR) is 88.2 cm³/mol. The number of likely N-dealkylation sites (tertiary alicyclic amines) is 1. The third kappa shape index (κ3) is 1.97. The molecule has 3 heterocycles. The van der Waals surface area contributed by atoms with E-state index < -0.39 is 0 Å². The Bertz CT molecular complexity index is 725. The van der Waals surface area contributed by atoms with Crippen LogP contribution in [0.5, 0.6) is 0 Å². The number of benzene rings is 1. The Morgan fingerprint density at radius 3 is 2.55 bits per heavy atom. The van der Waals surface area contributed by atoms with E-state index in [1.807, 2.05) is 12.1 Å². The maximum atomic E-state index is 13.1. The molecule has 0 aliphatic carbocycles. The summed E-state index contributed by atoms with van der Waals surface area (Å²) in [6.07, 6.45) is 3.17. The molecule has 22 heavy (non-hydrogen) atoms. The Kier molecular flexibility index (Phi) is 3.22. The van der Waals surface area contributed by atoms with E-state index in [1.54, 1.807) is 0 Å². The number of piperidine rings is 1. The fourth-order valence-corrected chi connectivity index (χ4v) is 4.10. The van der Waals surface area contributed by atoms with Crippen LogP contribution in [0.2, 0.25) is 0 Å². The summed E-state index contributed by atoms with van der Waals surface area (Å²) >= 11 is 0. The number of carbonyl (C=O) groups excluding carboxylic acids is 1. The maximum Gasteiger partial charge on any atom is 0.256 e. The van der Waals surface area contributed by atoms with Gasteiger partial charge in [0.15, 0.2) is 0 Å². The average molecular weight is 297 g/mol. The molecule has 0 spiro atoms. The van der Waals surface area contributed by atoms with Gasteiger partial charge < -0.3 is 14.4 Å². The van der Waals surface area contributed by atoms with Gasteiger partial charge in [-0.25, -0.2) is 0 Å². The normalized spacial score (nSPS) is 20.6. The van der Waals surface area contributed by atoms with E-state index in [1.165, 1.54) is 11.2 Å². The molecule has 0 saturated carbocycles. The molecule has 2 aliphatic heterocycles. The number of hydrogen-bond acceptors (Lipinski definition) is 2. The highest BCUT2D eigenvalue weighted by atomic mass is 16.2. The lowest BCUT2D eigenvalue weighted by Crippen LogP contribution is -2.49. The van der Waals surface area contributed by atoms with Gasteiger partial charge in [-0.15, -0.1) is 0 Å². The molecule has 1 aromatic heterocycles. The van der Waals surface area contributed by atoms with Gasteiger partial charge in [-0.1, -0.05) is 18.2 Å². The van der Waals surface area contributed by atoms with E-state index in [0.29, 0.717) is 6.04 Å². The zero-order valence-electron chi connectivity index (χ0n) is 13.4. The first-order chi connectivity index (χ1) is 10.7. The molecule has 0 atom stereocenters. The Balaban J connectivity index is 1.72. The highest BCUT2D eigenvalue weighted by Gasteiger charge is 2.34. The van der Waals surface area contributed by atoms with Crippen LogP contribution in [-0.2, 0) is 13.5 Å². The molecule has 1 saturated heterocycles. The number of aryl methyl sites for hydroxylation is 1. The van der Waals surface area contributed by atoms with Gasteiger partial charge in [0.25, 0.3) is 5.91 Å². The van der Waals surface area contributed by atoms with Crippen molar-refractivity contribution >= 4 is 16.8 Å². The third-order valence-corrected chi connectivity index (χ3v) is 5.42. The summed E-state index contributed by atoms with van der Waals surface area (Å²) in [7, 11) is 4.25. The topological polar surface area (TPSA) is 28.5 Å². The van der Waals surface area contributed by atoms with Crippen LogP contribution >= 0.6 is 0 Å². The van der Waals surface area contributed by atoms with Gasteiger partial charge in [0, 0.05) is 42.7 Å². The van der Waals surface area contributed by atoms with Crippen molar-refractivity contribution in [3.8, 4) is 0 Å². The monoisotopic (exact) mass is 297 g/mol. The summed E-state index contributed by atoms with van der Waals surface area (Å²) in [5.74, 6) is 0.243. The van der Waals surface area contributed by atoms with Gasteiger partial charge in [-0.2, -0.15) is 0 Å². The molecule has 4 heteroatoms. The number of hydrogen-bond donors (Lipinski definition) is 0. The number of amides is 1. The summed E-state index contributed by atoms with van der Waals surface area (Å²) < 4.78 is 2.20. The van der Waals surface area contributed by atoms with Crippen molar-refractivity contribution in [2.45, 2.75) is 25.3 Å². The molecule has 1 aromatic carbocycles. The second-order valence-corrected chi connectivity index (χ2v) is 6.68. The predicted octanol–water partition coefficient (Wildman–Crippen LogP) is 2.27. The Morgan fingerprint density at radius 2 is 1.77 bits per heavy atom. The zero-order valence-corrected chi connectivity index (χ0v) is 13.4. The maximum absolute atomic E-state index is 13.1. The van der Waals surface area contributed by atoms with Crippen LogP contribution < -0.4 is 0 Å². The van der Waals surface area contributed by atoms with Crippen LogP contribution in [0, 0.1) is 0 Å². The minimum atomic E-state index is 0.243. The van der Waals surface area contributed by atoms with E-state index in [4.69, 9.17) is 0 Å². The Labute approximate surface area is 131 Å². The fraction of sp³-hybridized carbons (Fsp3) is 0.500. The number of fused-ring (bicyclic) bond motifs is 3. The third-order valence-electron chi connectivity index (χ3n) is 5.42. The number of nitrogens with zero attached hydrogens (tertiary/aromatic N) is 3. The first-order valence-corrected chi connectivity index (χ1v) is 8.22. The smallest absolute Gasteiger partial charge is 0.256 e. The standard InChI is InChI=1S/C18H23N3O/c1-19-10-7-13(8-11-19)21-12-9-16-17(18(21)22)14-5-3-4-6-15(14)20(16)2/h3-6,13H,7-12H2,1-2H3. The van der Waals surface area contributed by atoms with Gasteiger partial charge >= 0.3 is 0 Å². The van der Waals surface area contributed by atoms with Crippen molar-refractivity contribution in [2.24, 2.45) is 7.05 Å². The molecule has 0 bridgehead atoms. The summed E-state index contributed by atoms with van der Waals surface area (Å²) in [6, 6.07) is 8.69. The van der Waals surface area contributed by atoms with E-state index in [-0.39, 0.29) is 5.91 Å². The molecule has 4 nitrogen and oxygen atoms in total. The molecule has 116 valence electrons. The van der Waals surface area contributed by atoms with E-state index >= 15 is 0 Å². The van der Waals surface area contributed by atoms with Gasteiger partial charge in [0.05, 0.1) is 5.56 Å². The highest BCUT2D eigenvalue weighted by molar-refractivity contribution is 6.09. The van der Waals surface area contributed by atoms with Crippen LogP contribution in [0.3, 0.4) is 0 Å². The molecule has 1 fully saturated rings. The first kappa shape index (κ1) is 13.8. The minimum Gasteiger partial charge on any atom is -0.347 e. The molecule has 0 radical (unpaired) electrons. The van der Waals surface area contributed by atoms with Gasteiger partial charge in [0.1, 0.15) is 0 Å².